The zero-order valence-electron chi connectivity index (χ0n) is 13.7. The van der Waals surface area contributed by atoms with Crippen LogP contribution in [0.4, 0.5) is 5.69 Å². The van der Waals surface area contributed by atoms with Crippen molar-refractivity contribution in [1.82, 2.24) is 0 Å². The molecule has 0 atom stereocenters. The Morgan fingerprint density at radius 2 is 1.65 bits per heavy atom. The summed E-state index contributed by atoms with van der Waals surface area (Å²) in [5, 5.41) is 12.9. The first kappa shape index (κ1) is 15.6. The van der Waals surface area contributed by atoms with Crippen molar-refractivity contribution in [2.24, 2.45) is 5.16 Å². The van der Waals surface area contributed by atoms with Crippen LogP contribution >= 0.6 is 0 Å². The predicted octanol–water partition coefficient (Wildman–Crippen LogP) is 4.41. The highest BCUT2D eigenvalue weighted by molar-refractivity contribution is 6.00. The minimum atomic E-state index is 0.739. The van der Waals surface area contributed by atoms with E-state index in [1.165, 1.54) is 29.7 Å². The molecule has 3 nitrogen and oxygen atoms in total. The summed E-state index contributed by atoms with van der Waals surface area (Å²) in [6.45, 7) is 4.38. The molecule has 23 heavy (non-hydrogen) atoms. The third-order valence-corrected chi connectivity index (χ3v) is 4.56. The molecule has 0 radical (unpaired) electrons. The minimum Gasteiger partial charge on any atom is -0.411 e. The first-order valence-electron chi connectivity index (χ1n) is 8.38. The highest BCUT2D eigenvalue weighted by Crippen LogP contribution is 2.21. The normalized spacial score (nSPS) is 15.2. The van der Waals surface area contributed by atoms with Gasteiger partial charge in [-0.05, 0) is 55.9 Å². The van der Waals surface area contributed by atoms with Crippen LogP contribution in [0.5, 0.6) is 0 Å². The van der Waals surface area contributed by atoms with E-state index in [4.69, 9.17) is 0 Å². The van der Waals surface area contributed by atoms with E-state index in [9.17, 15) is 5.21 Å². The van der Waals surface area contributed by atoms with E-state index in [1.807, 2.05) is 0 Å². The topological polar surface area (TPSA) is 35.8 Å². The molecule has 0 unspecified atom stereocenters. The lowest BCUT2D eigenvalue weighted by Crippen LogP contribution is -2.17. The number of rotatable bonds is 5. The van der Waals surface area contributed by atoms with Gasteiger partial charge in [-0.2, -0.15) is 0 Å². The van der Waals surface area contributed by atoms with Gasteiger partial charge in [-0.15, -0.1) is 0 Å². The fourth-order valence-corrected chi connectivity index (χ4v) is 3.11. The number of aryl methyl sites for hydroxylation is 2. The van der Waals surface area contributed by atoms with E-state index in [0.29, 0.717) is 0 Å². The number of oxime groups is 1. The first-order chi connectivity index (χ1) is 11.3. The van der Waals surface area contributed by atoms with Crippen molar-refractivity contribution in [1.29, 1.82) is 0 Å². The van der Waals surface area contributed by atoms with Gasteiger partial charge in [0.2, 0.25) is 0 Å². The second-order valence-electron chi connectivity index (χ2n) is 6.27. The summed E-state index contributed by atoms with van der Waals surface area (Å²) in [5.41, 5.74) is 5.55. The van der Waals surface area contributed by atoms with Crippen LogP contribution in [0, 0.1) is 6.92 Å². The average molecular weight is 308 g/mol. The second kappa shape index (κ2) is 7.32. The van der Waals surface area contributed by atoms with Crippen LogP contribution in [0.1, 0.15) is 36.0 Å². The monoisotopic (exact) mass is 308 g/mol. The maximum Gasteiger partial charge on any atom is 0.0871 e. The van der Waals surface area contributed by atoms with E-state index in [-0.39, 0.29) is 0 Å². The highest BCUT2D eigenvalue weighted by Gasteiger charge is 2.12. The molecular formula is C20H24N2O. The lowest BCUT2D eigenvalue weighted by Gasteiger charge is -2.17. The van der Waals surface area contributed by atoms with Crippen LogP contribution < -0.4 is 4.90 Å². The molecule has 3 rings (SSSR count). The van der Waals surface area contributed by atoms with Crippen molar-refractivity contribution in [3.05, 3.63) is 65.2 Å². The van der Waals surface area contributed by atoms with E-state index >= 15 is 0 Å². The largest absolute Gasteiger partial charge is 0.411 e. The Labute approximate surface area is 138 Å². The van der Waals surface area contributed by atoms with Crippen molar-refractivity contribution < 1.29 is 5.21 Å². The number of anilines is 1. The van der Waals surface area contributed by atoms with Crippen molar-refractivity contribution in [3.8, 4) is 0 Å². The van der Waals surface area contributed by atoms with Crippen molar-refractivity contribution in [2.45, 2.75) is 32.6 Å². The standard InChI is InChI=1S/C20H24N2O/c1-16-4-6-17(7-5-16)8-13-20(21-23)18-9-11-19(12-10-18)22-14-2-3-15-22/h4-7,9-12,23H,2-3,8,13-15H2,1H3. The van der Waals surface area contributed by atoms with Gasteiger partial charge in [0, 0.05) is 18.8 Å². The highest BCUT2D eigenvalue weighted by atomic mass is 16.4. The summed E-state index contributed by atoms with van der Waals surface area (Å²) in [6, 6.07) is 16.9. The molecule has 0 aliphatic carbocycles. The van der Waals surface area contributed by atoms with Crippen molar-refractivity contribution in [2.75, 3.05) is 18.0 Å². The number of hydrogen-bond acceptors (Lipinski definition) is 3. The summed E-state index contributed by atoms with van der Waals surface area (Å²) < 4.78 is 0. The molecule has 3 heteroatoms. The van der Waals surface area contributed by atoms with Gasteiger partial charge in [0.05, 0.1) is 5.71 Å². The minimum absolute atomic E-state index is 0.739. The first-order valence-corrected chi connectivity index (χ1v) is 8.38. The van der Waals surface area contributed by atoms with Crippen LogP contribution in [-0.2, 0) is 6.42 Å². The van der Waals surface area contributed by atoms with Crippen molar-refractivity contribution in [3.63, 3.8) is 0 Å². The van der Waals surface area contributed by atoms with Gasteiger partial charge >= 0.3 is 0 Å². The van der Waals surface area contributed by atoms with Crippen LogP contribution in [0.3, 0.4) is 0 Å². The molecule has 1 saturated heterocycles. The fourth-order valence-electron chi connectivity index (χ4n) is 3.11. The molecule has 0 spiro atoms. The Bertz CT molecular complexity index is 653. The van der Waals surface area contributed by atoms with Gasteiger partial charge in [0.15, 0.2) is 0 Å². The Morgan fingerprint density at radius 3 is 2.26 bits per heavy atom. The molecule has 0 aromatic heterocycles. The molecule has 0 bridgehead atoms. The smallest absolute Gasteiger partial charge is 0.0871 e. The van der Waals surface area contributed by atoms with Crippen molar-refractivity contribution >= 4 is 11.4 Å². The molecule has 2 aromatic rings. The van der Waals surface area contributed by atoms with E-state index in [2.05, 4.69) is 65.5 Å². The third-order valence-electron chi connectivity index (χ3n) is 4.56. The number of benzene rings is 2. The zero-order chi connectivity index (χ0) is 16.1. The summed E-state index contributed by atoms with van der Waals surface area (Å²) in [5.74, 6) is 0. The zero-order valence-corrected chi connectivity index (χ0v) is 13.7. The SMILES string of the molecule is Cc1ccc(CCC(=NO)c2ccc(N3CCCC3)cc2)cc1. The number of nitrogens with zero attached hydrogens (tertiary/aromatic N) is 2. The molecule has 2 aromatic carbocycles. The Morgan fingerprint density at radius 1 is 1.00 bits per heavy atom. The van der Waals surface area contributed by atoms with E-state index < -0.39 is 0 Å². The Balaban J connectivity index is 1.64. The lowest BCUT2D eigenvalue weighted by molar-refractivity contribution is 0.318. The molecule has 1 N–H and O–H groups in total. The number of hydrogen-bond donors (Lipinski definition) is 1. The molecule has 1 aliphatic heterocycles. The Kier molecular flexibility index (Phi) is 4.96. The molecule has 1 heterocycles. The van der Waals surface area contributed by atoms with Gasteiger partial charge < -0.3 is 10.1 Å². The van der Waals surface area contributed by atoms with Crippen LogP contribution in [0.15, 0.2) is 53.7 Å². The van der Waals surface area contributed by atoms with Gasteiger partial charge in [0.1, 0.15) is 0 Å². The molecule has 0 saturated carbocycles. The van der Waals surface area contributed by atoms with E-state index in [1.54, 1.807) is 0 Å². The summed E-state index contributed by atoms with van der Waals surface area (Å²) in [6.07, 6.45) is 4.18. The van der Waals surface area contributed by atoms with E-state index in [0.717, 1.165) is 37.2 Å². The van der Waals surface area contributed by atoms with Crippen LogP contribution in [0.25, 0.3) is 0 Å². The molecular weight excluding hydrogens is 284 g/mol. The van der Waals surface area contributed by atoms with Gasteiger partial charge in [-0.3, -0.25) is 0 Å². The fraction of sp³-hybridized carbons (Fsp3) is 0.350. The van der Waals surface area contributed by atoms with Crippen LogP contribution in [0.2, 0.25) is 0 Å². The molecule has 1 fully saturated rings. The summed E-state index contributed by atoms with van der Waals surface area (Å²) in [7, 11) is 0. The third kappa shape index (κ3) is 3.92. The Hall–Kier alpha value is -2.29. The lowest BCUT2D eigenvalue weighted by atomic mass is 10.0. The predicted molar refractivity (Wildman–Crippen MR) is 95.7 cm³/mol. The summed E-state index contributed by atoms with van der Waals surface area (Å²) >= 11 is 0. The van der Waals surface area contributed by atoms with Gasteiger partial charge in [-0.1, -0.05) is 47.1 Å². The maximum absolute atomic E-state index is 9.36. The molecule has 1 aliphatic rings. The van der Waals surface area contributed by atoms with Gasteiger partial charge in [0.25, 0.3) is 0 Å². The second-order valence-corrected chi connectivity index (χ2v) is 6.27. The quantitative estimate of drug-likeness (QED) is 0.504. The van der Waals surface area contributed by atoms with Crippen LogP contribution in [-0.4, -0.2) is 24.0 Å². The van der Waals surface area contributed by atoms with Gasteiger partial charge in [-0.25, -0.2) is 0 Å². The molecule has 0 amide bonds. The summed E-state index contributed by atoms with van der Waals surface area (Å²) in [4.78, 5) is 2.41. The molecule has 120 valence electrons. The maximum atomic E-state index is 9.36. The average Bonchev–Trinajstić information content (AvgIpc) is 3.12.